The number of nitrogens with one attached hydrogen (secondary N) is 3. The van der Waals surface area contributed by atoms with Crippen molar-refractivity contribution in [3.63, 3.8) is 0 Å². The van der Waals surface area contributed by atoms with Gasteiger partial charge >= 0.3 is 12.1 Å². The molecule has 0 saturated carbocycles. The summed E-state index contributed by atoms with van der Waals surface area (Å²) in [6.45, 7) is 15.0. The molecule has 1 saturated heterocycles. The van der Waals surface area contributed by atoms with E-state index >= 15 is 0 Å². The molecule has 36 heavy (non-hydrogen) atoms. The molecule has 206 valence electrons. The van der Waals surface area contributed by atoms with Gasteiger partial charge in [0.15, 0.2) is 0 Å². The third kappa shape index (κ3) is 9.66. The molecule has 12 heteroatoms. The second-order valence-corrected chi connectivity index (χ2v) is 11.4. The van der Waals surface area contributed by atoms with Crippen LogP contribution in [0, 0.1) is 20.8 Å². The fraction of sp³-hybridized carbons (Fsp3) is 0.667. The molecule has 1 fully saturated rings. The van der Waals surface area contributed by atoms with Crippen molar-refractivity contribution >= 4 is 22.1 Å². The minimum Gasteiger partial charge on any atom is -0.480 e. The molecule has 1 amide bonds. The van der Waals surface area contributed by atoms with Crippen LogP contribution >= 0.6 is 0 Å². The van der Waals surface area contributed by atoms with Crippen LogP contribution in [-0.4, -0.2) is 81.6 Å². The average molecular weight is 531 g/mol. The number of carboxylic acids is 1. The normalized spacial score (nSPS) is 16.3. The van der Waals surface area contributed by atoms with Gasteiger partial charge in [0.2, 0.25) is 10.0 Å². The van der Waals surface area contributed by atoms with Crippen molar-refractivity contribution < 1.29 is 32.6 Å². The first kappa shape index (κ1) is 31.8. The Labute approximate surface area is 214 Å². The Balaban J connectivity index is 0.000000681. The van der Waals surface area contributed by atoms with Gasteiger partial charge in [0, 0.05) is 13.1 Å². The Kier molecular flexibility index (Phi) is 11.8. The predicted molar refractivity (Wildman–Crippen MR) is 137 cm³/mol. The van der Waals surface area contributed by atoms with Crippen LogP contribution in [-0.2, 0) is 24.3 Å². The second kappa shape index (κ2) is 13.3. The number of hydrazine groups is 1. The maximum Gasteiger partial charge on any atom is 0.407 e. The molecule has 1 aliphatic rings. The molecule has 11 nitrogen and oxygen atoms in total. The number of sulfonamides is 1. The maximum atomic E-state index is 13.0. The van der Waals surface area contributed by atoms with Crippen LogP contribution in [0.2, 0.25) is 0 Å². The lowest BCUT2D eigenvalue weighted by Gasteiger charge is -2.30. The number of carbonyl (C=O) groups excluding carboxylic acids is 1. The van der Waals surface area contributed by atoms with Crippen LogP contribution in [0.3, 0.4) is 0 Å². The molecule has 1 heterocycles. The molecule has 1 atom stereocenters. The third-order valence-electron chi connectivity index (χ3n) is 5.48. The van der Waals surface area contributed by atoms with E-state index in [2.05, 4.69) is 20.5 Å². The SMILES string of the molecule is CC[C@@](CNC(=O)OC(C)(C)C)(NS(=O)(=O)c1c(C)cc(C)cc1C)C(=O)O.CNN1CCOCC1. The molecule has 0 aromatic heterocycles. The number of aliphatic carboxylic acids is 1. The fourth-order valence-corrected chi connectivity index (χ4v) is 5.61. The van der Waals surface area contributed by atoms with E-state index in [1.165, 1.54) is 6.92 Å². The summed E-state index contributed by atoms with van der Waals surface area (Å²) in [4.78, 5) is 23.9. The van der Waals surface area contributed by atoms with Gasteiger partial charge in [0.05, 0.1) is 24.7 Å². The molecule has 1 aromatic carbocycles. The first-order chi connectivity index (χ1) is 16.6. The van der Waals surface area contributed by atoms with Gasteiger partial charge in [-0.15, -0.1) is 0 Å². The largest absolute Gasteiger partial charge is 0.480 e. The van der Waals surface area contributed by atoms with Crippen molar-refractivity contribution in [1.29, 1.82) is 0 Å². The Morgan fingerprint density at radius 2 is 1.64 bits per heavy atom. The van der Waals surface area contributed by atoms with Crippen LogP contribution < -0.4 is 15.5 Å². The summed E-state index contributed by atoms with van der Waals surface area (Å²) >= 11 is 0. The van der Waals surface area contributed by atoms with Gasteiger partial charge in [-0.2, -0.15) is 4.72 Å². The van der Waals surface area contributed by atoms with Crippen molar-refractivity contribution in [1.82, 2.24) is 20.5 Å². The highest BCUT2D eigenvalue weighted by Gasteiger charge is 2.42. The van der Waals surface area contributed by atoms with Gasteiger partial charge in [-0.25, -0.2) is 18.2 Å². The summed E-state index contributed by atoms with van der Waals surface area (Å²) in [5, 5.41) is 14.2. The zero-order valence-electron chi connectivity index (χ0n) is 22.6. The van der Waals surface area contributed by atoms with Gasteiger partial charge in [-0.3, -0.25) is 10.2 Å². The number of ether oxygens (including phenoxy) is 2. The Morgan fingerprint density at radius 3 is 2.03 bits per heavy atom. The molecule has 1 aliphatic heterocycles. The number of hydrogen-bond acceptors (Lipinski definition) is 8. The van der Waals surface area contributed by atoms with E-state index in [1.807, 2.05) is 14.0 Å². The second-order valence-electron chi connectivity index (χ2n) is 9.75. The van der Waals surface area contributed by atoms with Crippen LogP contribution in [0.1, 0.15) is 50.8 Å². The minimum absolute atomic E-state index is 0.0365. The summed E-state index contributed by atoms with van der Waals surface area (Å²) in [7, 11) is -2.22. The number of carboxylic acid groups (broad SMARTS) is 1. The van der Waals surface area contributed by atoms with E-state index < -0.39 is 39.8 Å². The summed E-state index contributed by atoms with van der Waals surface area (Å²) in [5.41, 5.74) is 2.31. The molecule has 0 aliphatic carbocycles. The van der Waals surface area contributed by atoms with E-state index in [4.69, 9.17) is 9.47 Å². The maximum absolute atomic E-state index is 13.0. The lowest BCUT2D eigenvalue weighted by molar-refractivity contribution is -0.144. The van der Waals surface area contributed by atoms with Crippen molar-refractivity contribution in [2.45, 2.75) is 70.9 Å². The standard InChI is InChI=1S/C19H30N2O6S.C5H12N2O/c1-8-19(16(22)23,11-20-17(24)27-18(5,6)7)21-28(25,26)15-13(3)9-12(2)10-14(15)4;1-6-7-2-4-8-5-3-7/h9-10,21H,8,11H2,1-7H3,(H,20,24)(H,22,23);6H,2-5H2,1H3/t19-;/m0./s1. The number of carbonyl (C=O) groups is 2. The highest BCUT2D eigenvalue weighted by atomic mass is 32.2. The molecule has 0 unspecified atom stereocenters. The number of amides is 1. The first-order valence-corrected chi connectivity index (χ1v) is 13.4. The Hall–Kier alpha value is -2.25. The topological polar surface area (TPSA) is 146 Å². The van der Waals surface area contributed by atoms with Gasteiger partial charge in [-0.05, 0) is 66.1 Å². The molecular weight excluding hydrogens is 488 g/mol. The van der Waals surface area contributed by atoms with Crippen molar-refractivity contribution in [2.24, 2.45) is 0 Å². The molecular formula is C24H42N4O7S. The highest BCUT2D eigenvalue weighted by Crippen LogP contribution is 2.24. The lowest BCUT2D eigenvalue weighted by atomic mass is 9.98. The molecule has 2 rings (SSSR count). The van der Waals surface area contributed by atoms with Crippen LogP contribution in [0.4, 0.5) is 4.79 Å². The fourth-order valence-electron chi connectivity index (χ4n) is 3.73. The van der Waals surface area contributed by atoms with Gasteiger partial charge < -0.3 is 19.9 Å². The number of hydrogen-bond donors (Lipinski definition) is 4. The summed E-state index contributed by atoms with van der Waals surface area (Å²) in [6.07, 6.45) is -0.908. The van der Waals surface area contributed by atoms with Gasteiger partial charge in [0.25, 0.3) is 0 Å². The van der Waals surface area contributed by atoms with Gasteiger partial charge in [-0.1, -0.05) is 24.6 Å². The number of rotatable bonds is 8. The van der Waals surface area contributed by atoms with E-state index in [0.717, 1.165) is 31.9 Å². The van der Waals surface area contributed by atoms with Gasteiger partial charge in [0.1, 0.15) is 11.1 Å². The number of alkyl carbamates (subject to hydrolysis) is 1. The zero-order valence-corrected chi connectivity index (χ0v) is 23.5. The van der Waals surface area contributed by atoms with E-state index in [9.17, 15) is 23.1 Å². The molecule has 0 bridgehead atoms. The highest BCUT2D eigenvalue weighted by molar-refractivity contribution is 7.89. The smallest absolute Gasteiger partial charge is 0.407 e. The predicted octanol–water partition coefficient (Wildman–Crippen LogP) is 2.10. The monoisotopic (exact) mass is 530 g/mol. The van der Waals surface area contributed by atoms with Crippen LogP contribution in [0.5, 0.6) is 0 Å². The van der Waals surface area contributed by atoms with Crippen molar-refractivity contribution in [3.8, 4) is 0 Å². The zero-order chi connectivity index (χ0) is 27.7. The average Bonchev–Trinajstić information content (AvgIpc) is 2.75. The summed E-state index contributed by atoms with van der Waals surface area (Å²) < 4.78 is 38.6. The van der Waals surface area contributed by atoms with E-state index in [1.54, 1.807) is 46.8 Å². The number of morpholine rings is 1. The third-order valence-corrected chi connectivity index (χ3v) is 7.32. The molecule has 4 N–H and O–H groups in total. The first-order valence-electron chi connectivity index (χ1n) is 11.9. The molecule has 0 radical (unpaired) electrons. The number of benzene rings is 1. The quantitative estimate of drug-likeness (QED) is 0.397. The molecule has 0 spiro atoms. The Bertz CT molecular complexity index is 979. The number of aryl methyl sites for hydroxylation is 3. The van der Waals surface area contributed by atoms with Crippen LogP contribution in [0.25, 0.3) is 0 Å². The summed E-state index contributed by atoms with van der Waals surface area (Å²) in [5.74, 6) is -1.39. The van der Waals surface area contributed by atoms with E-state index in [-0.39, 0.29) is 11.3 Å². The molecule has 1 aromatic rings. The summed E-state index contributed by atoms with van der Waals surface area (Å²) in [6, 6.07) is 3.43. The van der Waals surface area contributed by atoms with Crippen LogP contribution in [0.15, 0.2) is 17.0 Å². The Morgan fingerprint density at radius 1 is 1.11 bits per heavy atom. The lowest BCUT2D eigenvalue weighted by Crippen LogP contribution is -2.60. The van der Waals surface area contributed by atoms with Crippen molar-refractivity contribution in [2.75, 3.05) is 39.9 Å². The number of nitrogens with zero attached hydrogens (tertiary/aromatic N) is 1. The minimum atomic E-state index is -4.16. The van der Waals surface area contributed by atoms with E-state index in [0.29, 0.717) is 11.1 Å². The van der Waals surface area contributed by atoms with Crippen molar-refractivity contribution in [3.05, 3.63) is 28.8 Å².